The van der Waals surface area contributed by atoms with Gasteiger partial charge in [0.05, 0.1) is 0 Å². The van der Waals surface area contributed by atoms with Crippen molar-refractivity contribution in [1.29, 1.82) is 0 Å². The van der Waals surface area contributed by atoms with E-state index in [-0.39, 0.29) is 0 Å². The average molecular weight is 310 g/mol. The summed E-state index contributed by atoms with van der Waals surface area (Å²) >= 11 is 0. The summed E-state index contributed by atoms with van der Waals surface area (Å²) in [4.78, 5) is 3.00. The quantitative estimate of drug-likeness (QED) is 0.141. The van der Waals surface area contributed by atoms with Crippen molar-refractivity contribution in [3.8, 4) is 0 Å². The van der Waals surface area contributed by atoms with Crippen LogP contribution in [-0.2, 0) is 0 Å². The van der Waals surface area contributed by atoms with Crippen molar-refractivity contribution >= 4 is 0 Å². The topological polar surface area (TPSA) is 117 Å². The van der Waals surface area contributed by atoms with Gasteiger partial charge in [0, 0.05) is 0 Å². The molecule has 0 aromatic heterocycles. The lowest BCUT2D eigenvalue weighted by molar-refractivity contribution is 0.538. The van der Waals surface area contributed by atoms with Crippen LogP contribution in [0.1, 0.15) is 104 Å². The molecule has 0 atom stereocenters. The summed E-state index contributed by atoms with van der Waals surface area (Å²) in [7, 11) is 0. The van der Waals surface area contributed by atoms with Gasteiger partial charge in [-0.1, -0.05) is 104 Å². The highest BCUT2D eigenvalue weighted by Gasteiger charge is 1.92. The average Bonchev–Trinajstić information content (AvgIpc) is 2.50. The maximum absolute atomic E-state index is 6.75. The number of rotatable bonds is 13. The SMILES string of the molecule is CCCCCCCCCCCCCCCC.[N-]=[N+]=[N-].[N-]=[N+]=[N-]. The Morgan fingerprint density at radius 2 is 0.545 bits per heavy atom. The van der Waals surface area contributed by atoms with E-state index in [1.165, 1.54) is 99.7 Å². The van der Waals surface area contributed by atoms with E-state index in [0.29, 0.717) is 0 Å². The number of nitrogens with zero attached hydrogens (tertiary/aromatic N) is 6. The predicted molar refractivity (Wildman–Crippen MR) is 96.1 cm³/mol. The summed E-state index contributed by atoms with van der Waals surface area (Å²) in [5, 5.41) is 0. The van der Waals surface area contributed by atoms with Crippen molar-refractivity contribution in [2.75, 3.05) is 0 Å². The van der Waals surface area contributed by atoms with E-state index in [2.05, 4.69) is 13.8 Å². The molecule has 0 saturated carbocycles. The standard InChI is InChI=1S/C16H34.2N3/c1-3-5-7-9-11-13-15-16-14-12-10-8-6-4-2;2*1-3-2/h3-16H2,1-2H3;;/q;2*-1. The molecule has 0 saturated heterocycles. The van der Waals surface area contributed by atoms with Gasteiger partial charge in [-0.15, -0.1) is 0 Å². The summed E-state index contributed by atoms with van der Waals surface area (Å²) in [6.07, 6.45) is 20.4. The highest BCUT2D eigenvalue weighted by Crippen LogP contribution is 2.12. The second-order valence-electron chi connectivity index (χ2n) is 5.42. The van der Waals surface area contributed by atoms with Crippen LogP contribution in [0.2, 0.25) is 0 Å². The van der Waals surface area contributed by atoms with Gasteiger partial charge in [-0.05, 0) is 0 Å². The van der Waals surface area contributed by atoms with E-state index in [1.54, 1.807) is 0 Å². The highest BCUT2D eigenvalue weighted by atomic mass is 15.0. The van der Waals surface area contributed by atoms with Gasteiger partial charge < -0.3 is 22.1 Å². The number of hydrogen-bond acceptors (Lipinski definition) is 0. The fraction of sp³-hybridized carbons (Fsp3) is 1.00. The van der Waals surface area contributed by atoms with Gasteiger partial charge in [0.25, 0.3) is 0 Å². The van der Waals surface area contributed by atoms with Crippen molar-refractivity contribution in [2.24, 2.45) is 0 Å². The fourth-order valence-electron chi connectivity index (χ4n) is 2.27. The molecular formula is C16H34N6-2. The molecule has 6 nitrogen and oxygen atoms in total. The van der Waals surface area contributed by atoms with Crippen molar-refractivity contribution in [2.45, 2.75) is 104 Å². The zero-order valence-electron chi connectivity index (χ0n) is 14.6. The molecule has 0 N–H and O–H groups in total. The molecule has 130 valence electrons. The molecule has 0 unspecified atom stereocenters. The Balaban J connectivity index is -0.000000515. The summed E-state index contributed by atoms with van der Waals surface area (Å²) in [6, 6.07) is 0. The summed E-state index contributed by atoms with van der Waals surface area (Å²) in [5.74, 6) is 0. The largest absolute Gasteiger partial charge is 0.373 e. The molecule has 0 bridgehead atoms. The zero-order valence-corrected chi connectivity index (χ0v) is 14.6. The van der Waals surface area contributed by atoms with E-state index < -0.39 is 0 Å². The zero-order chi connectivity index (χ0) is 17.3. The minimum atomic E-state index is 1.37. The molecule has 0 aliphatic heterocycles. The van der Waals surface area contributed by atoms with Gasteiger partial charge in [-0.2, -0.15) is 0 Å². The van der Waals surface area contributed by atoms with Crippen LogP contribution in [0.5, 0.6) is 0 Å². The lowest BCUT2D eigenvalue weighted by Gasteiger charge is -2.02. The molecule has 22 heavy (non-hydrogen) atoms. The van der Waals surface area contributed by atoms with Crippen LogP contribution in [0.3, 0.4) is 0 Å². The van der Waals surface area contributed by atoms with Gasteiger partial charge in [-0.3, -0.25) is 9.82 Å². The second kappa shape index (κ2) is 31.8. The number of unbranched alkanes of at least 4 members (excludes halogenated alkanes) is 13. The molecule has 0 amide bonds. The van der Waals surface area contributed by atoms with Crippen LogP contribution in [0, 0.1) is 0 Å². The molecular weight excluding hydrogens is 276 g/mol. The molecule has 0 aromatic carbocycles. The third-order valence-corrected chi connectivity index (χ3v) is 3.46. The molecule has 0 radical (unpaired) electrons. The lowest BCUT2D eigenvalue weighted by Crippen LogP contribution is -1.82. The van der Waals surface area contributed by atoms with Gasteiger partial charge in [0.1, 0.15) is 0 Å². The Labute approximate surface area is 136 Å². The second-order valence-corrected chi connectivity index (χ2v) is 5.42. The van der Waals surface area contributed by atoms with E-state index >= 15 is 0 Å². The normalized spacial score (nSPS) is 8.64. The van der Waals surface area contributed by atoms with Crippen molar-refractivity contribution < 1.29 is 0 Å². The van der Waals surface area contributed by atoms with E-state index in [0.717, 1.165) is 0 Å². The Morgan fingerprint density at radius 1 is 0.409 bits per heavy atom. The molecule has 0 aromatic rings. The van der Waals surface area contributed by atoms with Gasteiger partial charge >= 0.3 is 0 Å². The van der Waals surface area contributed by atoms with Crippen LogP contribution in [0.4, 0.5) is 0 Å². The van der Waals surface area contributed by atoms with Crippen LogP contribution < -0.4 is 0 Å². The van der Waals surface area contributed by atoms with E-state index in [4.69, 9.17) is 22.1 Å². The molecule has 0 aliphatic carbocycles. The first kappa shape index (κ1) is 25.6. The Morgan fingerprint density at radius 3 is 0.682 bits per heavy atom. The molecule has 0 aliphatic rings. The summed E-state index contributed by atoms with van der Waals surface area (Å²) in [6.45, 7) is 4.58. The predicted octanol–water partition coefficient (Wildman–Crippen LogP) is 8.22. The summed E-state index contributed by atoms with van der Waals surface area (Å²) in [5.41, 5.74) is 27.0. The molecule has 0 fully saturated rings. The Hall–Kier alpha value is -1.38. The monoisotopic (exact) mass is 310 g/mol. The maximum atomic E-state index is 6.75. The third kappa shape index (κ3) is 42.8. The van der Waals surface area contributed by atoms with E-state index in [9.17, 15) is 0 Å². The first-order valence-corrected chi connectivity index (χ1v) is 8.71. The van der Waals surface area contributed by atoms with Crippen LogP contribution >= 0.6 is 0 Å². The molecule has 0 heterocycles. The fourth-order valence-corrected chi connectivity index (χ4v) is 2.27. The van der Waals surface area contributed by atoms with Gasteiger partial charge in [0.2, 0.25) is 0 Å². The van der Waals surface area contributed by atoms with Crippen LogP contribution in [0.15, 0.2) is 0 Å². The molecule has 6 heteroatoms. The van der Waals surface area contributed by atoms with Crippen molar-refractivity contribution in [3.63, 3.8) is 0 Å². The molecule has 0 spiro atoms. The Kier molecular flexibility index (Phi) is 37.0. The third-order valence-electron chi connectivity index (χ3n) is 3.46. The minimum absolute atomic E-state index is 1.37. The van der Waals surface area contributed by atoms with Gasteiger partial charge in [0.15, 0.2) is 0 Å². The van der Waals surface area contributed by atoms with Crippen molar-refractivity contribution in [1.82, 2.24) is 0 Å². The van der Waals surface area contributed by atoms with Crippen molar-refractivity contribution in [3.05, 3.63) is 31.9 Å². The summed E-state index contributed by atoms with van der Waals surface area (Å²) < 4.78 is 0. The Bertz CT molecular complexity index is 217. The molecule has 0 rings (SSSR count). The van der Waals surface area contributed by atoms with E-state index in [1.807, 2.05) is 0 Å². The van der Waals surface area contributed by atoms with Gasteiger partial charge in [-0.25, -0.2) is 0 Å². The minimum Gasteiger partial charge on any atom is -0.373 e. The lowest BCUT2D eigenvalue weighted by atomic mass is 10.0. The maximum Gasteiger partial charge on any atom is -0.0533 e. The van der Waals surface area contributed by atoms with Crippen LogP contribution in [-0.4, -0.2) is 0 Å². The van der Waals surface area contributed by atoms with Crippen LogP contribution in [0.25, 0.3) is 31.9 Å². The first-order chi connectivity index (χ1) is 10.7. The first-order valence-electron chi connectivity index (χ1n) is 8.71. The smallest absolute Gasteiger partial charge is 0.0533 e. The number of hydrogen-bond donors (Lipinski definition) is 0. The highest BCUT2D eigenvalue weighted by molar-refractivity contribution is 4.48.